The number of aromatic nitrogens is 5. The second-order valence-corrected chi connectivity index (χ2v) is 6.14. The van der Waals surface area contributed by atoms with Gasteiger partial charge in [-0.15, -0.1) is 0 Å². The van der Waals surface area contributed by atoms with Gasteiger partial charge in [-0.2, -0.15) is 0 Å². The van der Waals surface area contributed by atoms with Crippen molar-refractivity contribution in [1.29, 1.82) is 0 Å². The summed E-state index contributed by atoms with van der Waals surface area (Å²) >= 11 is 0. The Bertz CT molecular complexity index is 1130. The lowest BCUT2D eigenvalue weighted by atomic mass is 10.1. The van der Waals surface area contributed by atoms with Gasteiger partial charge in [-0.1, -0.05) is 6.07 Å². The van der Waals surface area contributed by atoms with Crippen LogP contribution in [-0.4, -0.2) is 38.6 Å². The molecule has 3 aromatic heterocycles. The topological polar surface area (TPSA) is 121 Å². The molecule has 9 nitrogen and oxygen atoms in total. The first-order chi connectivity index (χ1) is 14.2. The number of nitrogens with zero attached hydrogens (tertiary/aromatic N) is 5. The standard InChI is InChI=1S/C20H19N7O2/c1-28-16-10-13(2-3-15(16)29-17-11-14(21)5-7-22-17)4-6-24-19-18-20(27-12-26-19)25-9-8-23-18/h2-3,5,7-12H,4,6H2,1H3,(H2,21,22)(H,24,25,26,27). The van der Waals surface area contributed by atoms with E-state index < -0.39 is 0 Å². The maximum Gasteiger partial charge on any atom is 0.221 e. The molecule has 0 unspecified atom stereocenters. The van der Waals surface area contributed by atoms with Crippen LogP contribution in [-0.2, 0) is 6.42 Å². The number of anilines is 2. The van der Waals surface area contributed by atoms with Gasteiger partial charge in [-0.3, -0.25) is 0 Å². The van der Waals surface area contributed by atoms with E-state index in [-0.39, 0.29) is 0 Å². The van der Waals surface area contributed by atoms with E-state index >= 15 is 0 Å². The summed E-state index contributed by atoms with van der Waals surface area (Å²) in [4.78, 5) is 21.0. The molecule has 0 saturated heterocycles. The summed E-state index contributed by atoms with van der Waals surface area (Å²) in [6, 6.07) is 9.12. The molecule has 0 spiro atoms. The number of pyridine rings is 1. The molecule has 0 saturated carbocycles. The van der Waals surface area contributed by atoms with Crippen molar-refractivity contribution in [2.24, 2.45) is 0 Å². The molecule has 0 radical (unpaired) electrons. The summed E-state index contributed by atoms with van der Waals surface area (Å²) in [5.41, 5.74) is 8.63. The predicted molar refractivity (Wildman–Crippen MR) is 109 cm³/mol. The van der Waals surface area contributed by atoms with Crippen LogP contribution in [0, 0.1) is 0 Å². The van der Waals surface area contributed by atoms with Gasteiger partial charge in [0.2, 0.25) is 5.88 Å². The van der Waals surface area contributed by atoms with Crippen molar-refractivity contribution in [3.8, 4) is 17.4 Å². The minimum atomic E-state index is 0.412. The van der Waals surface area contributed by atoms with Crippen LogP contribution in [0.25, 0.3) is 11.2 Å². The van der Waals surface area contributed by atoms with E-state index in [1.807, 2.05) is 18.2 Å². The molecule has 0 aliphatic carbocycles. The molecule has 1 aromatic carbocycles. The Morgan fingerprint density at radius 2 is 1.83 bits per heavy atom. The second kappa shape index (κ2) is 8.34. The third-order valence-corrected chi connectivity index (χ3v) is 4.18. The van der Waals surface area contributed by atoms with E-state index in [0.29, 0.717) is 46.6 Å². The number of ether oxygens (including phenoxy) is 2. The molecule has 0 fully saturated rings. The first-order valence-corrected chi connectivity index (χ1v) is 8.95. The summed E-state index contributed by atoms with van der Waals surface area (Å²) < 4.78 is 11.3. The number of nitrogens with one attached hydrogen (secondary N) is 1. The largest absolute Gasteiger partial charge is 0.493 e. The van der Waals surface area contributed by atoms with Gasteiger partial charge in [0.15, 0.2) is 23.0 Å². The minimum absolute atomic E-state index is 0.412. The average molecular weight is 389 g/mol. The van der Waals surface area contributed by atoms with Crippen LogP contribution in [0.5, 0.6) is 17.4 Å². The van der Waals surface area contributed by atoms with Gasteiger partial charge in [-0.25, -0.2) is 24.9 Å². The van der Waals surface area contributed by atoms with Crippen molar-refractivity contribution in [1.82, 2.24) is 24.9 Å². The molecule has 4 aromatic rings. The smallest absolute Gasteiger partial charge is 0.221 e. The van der Waals surface area contributed by atoms with Crippen LogP contribution < -0.4 is 20.5 Å². The van der Waals surface area contributed by atoms with E-state index in [9.17, 15) is 0 Å². The second-order valence-electron chi connectivity index (χ2n) is 6.14. The van der Waals surface area contributed by atoms with Gasteiger partial charge >= 0.3 is 0 Å². The van der Waals surface area contributed by atoms with Crippen molar-refractivity contribution in [2.45, 2.75) is 6.42 Å². The monoisotopic (exact) mass is 389 g/mol. The van der Waals surface area contributed by atoms with Gasteiger partial charge in [-0.05, 0) is 30.2 Å². The number of fused-ring (bicyclic) bond motifs is 1. The molecule has 0 aliphatic heterocycles. The fourth-order valence-corrected chi connectivity index (χ4v) is 2.79. The van der Waals surface area contributed by atoms with E-state index in [0.717, 1.165) is 12.0 Å². The molecule has 3 N–H and O–H groups in total. The van der Waals surface area contributed by atoms with Gasteiger partial charge in [0.1, 0.15) is 11.8 Å². The lowest BCUT2D eigenvalue weighted by Gasteiger charge is -2.12. The summed E-state index contributed by atoms with van der Waals surface area (Å²) in [5.74, 6) is 2.25. The minimum Gasteiger partial charge on any atom is -0.493 e. The summed E-state index contributed by atoms with van der Waals surface area (Å²) in [6.45, 7) is 0.656. The summed E-state index contributed by atoms with van der Waals surface area (Å²) in [6.07, 6.45) is 7.04. The quantitative estimate of drug-likeness (QED) is 0.491. The maximum atomic E-state index is 5.79. The molecular weight excluding hydrogens is 370 g/mol. The van der Waals surface area contributed by atoms with Crippen LogP contribution in [0.3, 0.4) is 0 Å². The molecule has 0 atom stereocenters. The predicted octanol–water partition coefficient (Wildman–Crippen LogP) is 2.85. The number of benzene rings is 1. The van der Waals surface area contributed by atoms with Crippen molar-refractivity contribution in [3.05, 3.63) is 60.8 Å². The average Bonchev–Trinajstić information content (AvgIpc) is 2.75. The molecule has 3 heterocycles. The zero-order valence-electron chi connectivity index (χ0n) is 15.7. The van der Waals surface area contributed by atoms with Crippen molar-refractivity contribution < 1.29 is 9.47 Å². The van der Waals surface area contributed by atoms with Gasteiger partial charge < -0.3 is 20.5 Å². The van der Waals surface area contributed by atoms with Crippen LogP contribution in [0.4, 0.5) is 11.5 Å². The van der Waals surface area contributed by atoms with Crippen LogP contribution >= 0.6 is 0 Å². The molecule has 0 bridgehead atoms. The van der Waals surface area contributed by atoms with Crippen molar-refractivity contribution in [2.75, 3.05) is 24.7 Å². The van der Waals surface area contributed by atoms with E-state index in [1.54, 1.807) is 37.8 Å². The fraction of sp³-hybridized carbons (Fsp3) is 0.150. The number of hydrogen-bond donors (Lipinski definition) is 2. The highest BCUT2D eigenvalue weighted by molar-refractivity contribution is 5.81. The SMILES string of the molecule is COc1cc(CCNc2ncnc3nccnc23)ccc1Oc1cc(N)ccn1. The van der Waals surface area contributed by atoms with E-state index in [1.165, 1.54) is 6.33 Å². The Hall–Kier alpha value is -4.01. The Kier molecular flexibility index (Phi) is 5.28. The zero-order valence-corrected chi connectivity index (χ0v) is 15.7. The van der Waals surface area contributed by atoms with Crippen LogP contribution in [0.1, 0.15) is 5.56 Å². The highest BCUT2D eigenvalue weighted by Gasteiger charge is 2.09. The third kappa shape index (κ3) is 4.29. The Morgan fingerprint density at radius 3 is 2.69 bits per heavy atom. The molecular formula is C20H19N7O2. The number of rotatable bonds is 7. The highest BCUT2D eigenvalue weighted by Crippen LogP contribution is 2.32. The Balaban J connectivity index is 1.44. The molecule has 29 heavy (non-hydrogen) atoms. The first-order valence-electron chi connectivity index (χ1n) is 8.95. The van der Waals surface area contributed by atoms with Gasteiger partial charge in [0.25, 0.3) is 0 Å². The van der Waals surface area contributed by atoms with E-state index in [2.05, 4.69) is 30.2 Å². The number of methoxy groups -OCH3 is 1. The third-order valence-electron chi connectivity index (χ3n) is 4.18. The Morgan fingerprint density at radius 1 is 0.931 bits per heavy atom. The Labute approximate surface area is 167 Å². The summed E-state index contributed by atoms with van der Waals surface area (Å²) in [7, 11) is 1.60. The molecule has 146 valence electrons. The molecule has 0 amide bonds. The maximum absolute atomic E-state index is 5.79. The molecule has 0 aliphatic rings. The van der Waals surface area contributed by atoms with Crippen molar-refractivity contribution in [3.63, 3.8) is 0 Å². The van der Waals surface area contributed by atoms with Crippen LogP contribution in [0.15, 0.2) is 55.2 Å². The molecule has 4 rings (SSSR count). The van der Waals surface area contributed by atoms with Gasteiger partial charge in [0, 0.05) is 36.9 Å². The van der Waals surface area contributed by atoms with Crippen molar-refractivity contribution >= 4 is 22.7 Å². The zero-order chi connectivity index (χ0) is 20.1. The first kappa shape index (κ1) is 18.4. The number of hydrogen-bond acceptors (Lipinski definition) is 9. The van der Waals surface area contributed by atoms with Gasteiger partial charge in [0.05, 0.1) is 7.11 Å². The highest BCUT2D eigenvalue weighted by atomic mass is 16.5. The number of nitrogens with two attached hydrogens (primary N) is 1. The van der Waals surface area contributed by atoms with Crippen LogP contribution in [0.2, 0.25) is 0 Å². The lowest BCUT2D eigenvalue weighted by molar-refractivity contribution is 0.374. The molecule has 9 heteroatoms. The normalized spacial score (nSPS) is 10.7. The summed E-state index contributed by atoms with van der Waals surface area (Å²) in [5, 5.41) is 3.28. The fourth-order valence-electron chi connectivity index (χ4n) is 2.79. The van der Waals surface area contributed by atoms with E-state index in [4.69, 9.17) is 15.2 Å². The number of nitrogen functional groups attached to an aromatic ring is 1. The lowest BCUT2D eigenvalue weighted by Crippen LogP contribution is -2.08.